The van der Waals surface area contributed by atoms with Crippen molar-refractivity contribution >= 4 is 40.6 Å². The topological polar surface area (TPSA) is 123 Å². The second-order valence-corrected chi connectivity index (χ2v) is 8.58. The minimum absolute atomic E-state index is 0.0284. The van der Waals surface area contributed by atoms with Gasteiger partial charge in [-0.2, -0.15) is 0 Å². The smallest absolute Gasteiger partial charge is 0.284 e. The highest BCUT2D eigenvalue weighted by molar-refractivity contribution is 8.01. The Morgan fingerprint density at radius 3 is 2.66 bits per heavy atom. The predicted octanol–water partition coefficient (Wildman–Crippen LogP) is 3.88. The molecule has 1 atom stereocenters. The van der Waals surface area contributed by atoms with Gasteiger partial charge < -0.3 is 4.74 Å². The van der Waals surface area contributed by atoms with Crippen molar-refractivity contribution in [1.82, 2.24) is 15.8 Å². The fourth-order valence-corrected chi connectivity index (χ4v) is 4.32. The Morgan fingerprint density at radius 1 is 1.25 bits per heavy atom. The molecule has 9 nitrogen and oxygen atoms in total. The van der Waals surface area contributed by atoms with Gasteiger partial charge in [0, 0.05) is 22.7 Å². The molecule has 12 heteroatoms. The zero-order chi connectivity index (χ0) is 23.3. The van der Waals surface area contributed by atoms with Crippen molar-refractivity contribution in [2.45, 2.75) is 29.2 Å². The van der Waals surface area contributed by atoms with Crippen molar-refractivity contribution in [3.63, 3.8) is 0 Å². The number of carbonyl (C=O) groups excluding carboxylic acids is 2. The van der Waals surface area contributed by atoms with E-state index in [-0.39, 0.29) is 17.0 Å². The molecule has 3 aromatic rings. The molecular weight excluding hydrogens is 459 g/mol. The van der Waals surface area contributed by atoms with Gasteiger partial charge in [-0.15, -0.1) is 11.3 Å². The van der Waals surface area contributed by atoms with Crippen LogP contribution in [0.25, 0.3) is 0 Å². The first-order chi connectivity index (χ1) is 15.2. The lowest BCUT2D eigenvalue weighted by Crippen LogP contribution is -2.47. The lowest BCUT2D eigenvalue weighted by atomic mass is 10.2. The summed E-state index contributed by atoms with van der Waals surface area (Å²) in [5.41, 5.74) is 4.84. The lowest BCUT2D eigenvalue weighted by molar-refractivity contribution is -0.387. The number of nitro groups is 1. The molecule has 0 fully saturated rings. The number of carbonyl (C=O) groups is 2. The number of aromatic nitrogens is 1. The third-order valence-electron chi connectivity index (χ3n) is 4.02. The first kappa shape index (κ1) is 23.2. The number of nitro benzene ring substituents is 1. The Balaban J connectivity index is 1.64. The molecule has 0 bridgehead atoms. The Labute approximate surface area is 190 Å². The molecule has 0 saturated carbocycles. The second kappa shape index (κ2) is 10.2. The summed E-state index contributed by atoms with van der Waals surface area (Å²) in [6.45, 7) is 3.20. The van der Waals surface area contributed by atoms with Crippen LogP contribution in [0.3, 0.4) is 0 Å². The number of hydrogen-bond acceptors (Lipinski definition) is 8. The number of rotatable bonds is 7. The molecule has 2 N–H and O–H groups in total. The van der Waals surface area contributed by atoms with Crippen molar-refractivity contribution in [2.75, 3.05) is 0 Å². The van der Waals surface area contributed by atoms with E-state index in [9.17, 15) is 24.1 Å². The van der Waals surface area contributed by atoms with E-state index in [1.54, 1.807) is 6.07 Å². The van der Waals surface area contributed by atoms with Gasteiger partial charge in [0.2, 0.25) is 0 Å². The molecule has 0 spiro atoms. The summed E-state index contributed by atoms with van der Waals surface area (Å²) in [6, 6.07) is 9.54. The highest BCUT2D eigenvalue weighted by Gasteiger charge is 2.21. The van der Waals surface area contributed by atoms with E-state index in [1.807, 2.05) is 12.3 Å². The van der Waals surface area contributed by atoms with E-state index >= 15 is 0 Å². The molecule has 0 aliphatic carbocycles. The molecule has 0 saturated heterocycles. The van der Waals surface area contributed by atoms with E-state index in [1.165, 1.54) is 48.6 Å². The molecule has 32 heavy (non-hydrogen) atoms. The number of ether oxygens (including phenoxy) is 1. The quantitative estimate of drug-likeness (QED) is 0.392. The molecule has 1 heterocycles. The summed E-state index contributed by atoms with van der Waals surface area (Å²) in [5, 5.41) is 13.3. The molecule has 0 aliphatic heterocycles. The second-order valence-electron chi connectivity index (χ2n) is 6.43. The summed E-state index contributed by atoms with van der Waals surface area (Å²) in [5.74, 6) is -2.24. The predicted molar refractivity (Wildman–Crippen MR) is 116 cm³/mol. The molecule has 1 aromatic heterocycles. The van der Waals surface area contributed by atoms with E-state index in [0.29, 0.717) is 9.24 Å². The number of nitrogens with zero attached hydrogens (tertiary/aromatic N) is 2. The van der Waals surface area contributed by atoms with Crippen LogP contribution in [-0.4, -0.2) is 27.8 Å². The van der Waals surface area contributed by atoms with E-state index in [0.717, 1.165) is 23.5 Å². The summed E-state index contributed by atoms with van der Waals surface area (Å²) < 4.78 is 19.5. The minimum atomic E-state index is -1.11. The maximum absolute atomic E-state index is 13.6. The number of benzene rings is 2. The number of thiazole rings is 1. The number of hydrazine groups is 1. The first-order valence-corrected chi connectivity index (χ1v) is 10.8. The molecule has 2 amide bonds. The van der Waals surface area contributed by atoms with Crippen LogP contribution in [0.5, 0.6) is 5.75 Å². The Hall–Kier alpha value is -3.51. The van der Waals surface area contributed by atoms with Crippen LogP contribution >= 0.6 is 23.1 Å². The maximum Gasteiger partial charge on any atom is 0.284 e. The van der Waals surface area contributed by atoms with E-state index in [4.69, 9.17) is 4.74 Å². The van der Waals surface area contributed by atoms with Crippen LogP contribution in [0.4, 0.5) is 10.1 Å². The summed E-state index contributed by atoms with van der Waals surface area (Å²) in [7, 11) is 0. The average Bonchev–Trinajstić information content (AvgIpc) is 3.17. The Bertz CT molecular complexity index is 1170. The fourth-order valence-electron chi connectivity index (χ4n) is 2.44. The summed E-state index contributed by atoms with van der Waals surface area (Å²) in [4.78, 5) is 40.0. The third-order valence-corrected chi connectivity index (χ3v) is 6.14. The number of amides is 2. The fraction of sp³-hybridized carbons (Fsp3) is 0.150. The van der Waals surface area contributed by atoms with Gasteiger partial charge >= 0.3 is 0 Å². The standard InChI is InChI=1S/C20H17FN4O5S2/c1-11-10-31-20(22-11)32-17-8-7-13(9-15(17)25(28)29)19(27)24-23-18(26)12(2)30-16-6-4-3-5-14(16)21/h3-10,12H,1-2H3,(H,23,26)(H,24,27)/t12-/m1/s1. The molecule has 166 valence electrons. The van der Waals surface area contributed by atoms with Crippen LogP contribution in [0.1, 0.15) is 23.0 Å². The maximum atomic E-state index is 13.6. The van der Waals surface area contributed by atoms with Gasteiger partial charge in [-0.25, -0.2) is 9.37 Å². The van der Waals surface area contributed by atoms with Gasteiger partial charge in [0.05, 0.1) is 9.82 Å². The van der Waals surface area contributed by atoms with Crippen molar-refractivity contribution in [2.24, 2.45) is 0 Å². The van der Waals surface area contributed by atoms with Gasteiger partial charge in [0.25, 0.3) is 17.5 Å². The highest BCUT2D eigenvalue weighted by atomic mass is 32.2. The summed E-state index contributed by atoms with van der Waals surface area (Å²) in [6.07, 6.45) is -1.11. The Morgan fingerprint density at radius 2 is 2.00 bits per heavy atom. The number of aryl methyl sites for hydroxylation is 1. The monoisotopic (exact) mass is 476 g/mol. The van der Waals surface area contributed by atoms with Crippen LogP contribution in [0.2, 0.25) is 0 Å². The van der Waals surface area contributed by atoms with E-state index < -0.39 is 28.7 Å². The average molecular weight is 477 g/mol. The molecule has 0 radical (unpaired) electrons. The van der Waals surface area contributed by atoms with Crippen LogP contribution in [0, 0.1) is 22.9 Å². The van der Waals surface area contributed by atoms with Crippen LogP contribution in [0.15, 0.2) is 57.1 Å². The van der Waals surface area contributed by atoms with Crippen molar-refractivity contribution in [3.05, 3.63) is 75.0 Å². The SMILES string of the molecule is Cc1csc(Sc2ccc(C(=O)NNC(=O)[C@@H](C)Oc3ccccc3F)cc2[N+](=O)[O-])n1. The Kier molecular flexibility index (Phi) is 7.38. The number of hydrogen-bond donors (Lipinski definition) is 2. The van der Waals surface area contributed by atoms with Gasteiger partial charge in [-0.1, -0.05) is 23.9 Å². The molecule has 0 aliphatic rings. The first-order valence-electron chi connectivity index (χ1n) is 9.14. The van der Waals surface area contributed by atoms with E-state index in [2.05, 4.69) is 15.8 Å². The van der Waals surface area contributed by atoms with Crippen molar-refractivity contribution in [1.29, 1.82) is 0 Å². The zero-order valence-corrected chi connectivity index (χ0v) is 18.5. The van der Waals surface area contributed by atoms with Gasteiger partial charge in [0.1, 0.15) is 0 Å². The van der Waals surface area contributed by atoms with Gasteiger partial charge in [0.15, 0.2) is 22.0 Å². The minimum Gasteiger partial charge on any atom is -0.478 e. The molecular formula is C20H17FN4O5S2. The largest absolute Gasteiger partial charge is 0.478 e. The molecule has 3 rings (SSSR count). The number of para-hydroxylation sites is 1. The third kappa shape index (κ3) is 5.80. The number of nitrogens with one attached hydrogen (secondary N) is 2. The summed E-state index contributed by atoms with van der Waals surface area (Å²) >= 11 is 2.48. The van der Waals surface area contributed by atoms with Gasteiger partial charge in [-0.3, -0.25) is 30.6 Å². The van der Waals surface area contributed by atoms with Crippen LogP contribution < -0.4 is 15.6 Å². The van der Waals surface area contributed by atoms with Crippen molar-refractivity contribution in [3.8, 4) is 5.75 Å². The van der Waals surface area contributed by atoms with Crippen molar-refractivity contribution < 1.29 is 23.6 Å². The molecule has 0 unspecified atom stereocenters. The lowest BCUT2D eigenvalue weighted by Gasteiger charge is -2.15. The van der Waals surface area contributed by atoms with Gasteiger partial charge in [-0.05, 0) is 38.1 Å². The number of halogens is 1. The zero-order valence-electron chi connectivity index (χ0n) is 16.8. The highest BCUT2D eigenvalue weighted by Crippen LogP contribution is 2.36. The van der Waals surface area contributed by atoms with Crippen LogP contribution in [-0.2, 0) is 4.79 Å². The normalized spacial score (nSPS) is 11.5. The molecule has 2 aromatic carbocycles.